The van der Waals surface area contributed by atoms with Crippen molar-refractivity contribution in [1.29, 1.82) is 0 Å². The van der Waals surface area contributed by atoms with Crippen molar-refractivity contribution >= 4 is 11.9 Å². The van der Waals surface area contributed by atoms with Gasteiger partial charge in [0, 0.05) is 0 Å². The van der Waals surface area contributed by atoms with Gasteiger partial charge in [0.15, 0.2) is 24.7 Å². The number of carbonyl (C=O) groups excluding carboxylic acids is 2. The molecule has 0 spiro atoms. The number of alkyl halides is 1. The van der Waals surface area contributed by atoms with Crippen LogP contribution in [0.4, 0.5) is 4.39 Å². The van der Waals surface area contributed by atoms with Crippen LogP contribution >= 0.6 is 0 Å². The molecule has 1 heterocycles. The standard InChI is InChI=1S/C20H19FO6/c1-12-16(26-18(22)13-8-4-2-5-9-13)17(15(21)20(24)25-12)27-19(23)14-10-6-3-7-11-14/h2-12,15-17,20,24H,1H3/t12-,15+,16+,17-,20-/m0/s1. The van der Waals surface area contributed by atoms with Gasteiger partial charge in [-0.15, -0.1) is 0 Å². The predicted molar refractivity (Wildman–Crippen MR) is 92.7 cm³/mol. The van der Waals surface area contributed by atoms with E-state index in [0.717, 1.165) is 0 Å². The van der Waals surface area contributed by atoms with E-state index < -0.39 is 42.7 Å². The topological polar surface area (TPSA) is 82.1 Å². The fourth-order valence-corrected chi connectivity index (χ4v) is 2.81. The maximum absolute atomic E-state index is 14.6. The predicted octanol–water partition coefficient (Wildman–Crippen LogP) is 2.51. The zero-order valence-corrected chi connectivity index (χ0v) is 14.5. The highest BCUT2D eigenvalue weighted by Gasteiger charge is 2.49. The Morgan fingerprint density at radius 1 is 0.889 bits per heavy atom. The van der Waals surface area contributed by atoms with E-state index >= 15 is 0 Å². The van der Waals surface area contributed by atoms with Gasteiger partial charge in [0.1, 0.15) is 0 Å². The molecule has 0 unspecified atom stereocenters. The summed E-state index contributed by atoms with van der Waals surface area (Å²) < 4.78 is 30.2. The van der Waals surface area contributed by atoms with Gasteiger partial charge in [-0.25, -0.2) is 14.0 Å². The number of aliphatic hydroxyl groups excluding tert-OH is 1. The van der Waals surface area contributed by atoms with Crippen LogP contribution in [0.1, 0.15) is 27.6 Å². The summed E-state index contributed by atoms with van der Waals surface area (Å²) in [6, 6.07) is 16.2. The van der Waals surface area contributed by atoms with E-state index in [0.29, 0.717) is 0 Å². The zero-order chi connectivity index (χ0) is 19.4. The van der Waals surface area contributed by atoms with Crippen molar-refractivity contribution in [3.63, 3.8) is 0 Å². The number of rotatable bonds is 4. The third-order valence-electron chi connectivity index (χ3n) is 4.23. The second-order valence-corrected chi connectivity index (χ2v) is 6.15. The lowest BCUT2D eigenvalue weighted by Gasteiger charge is -2.39. The summed E-state index contributed by atoms with van der Waals surface area (Å²) in [5.74, 6) is -1.49. The van der Waals surface area contributed by atoms with Gasteiger partial charge >= 0.3 is 11.9 Å². The van der Waals surface area contributed by atoms with Crippen LogP contribution in [0, 0.1) is 0 Å². The van der Waals surface area contributed by atoms with E-state index in [1.165, 1.54) is 19.1 Å². The number of esters is 2. The zero-order valence-electron chi connectivity index (χ0n) is 14.5. The molecule has 5 atom stereocenters. The molecule has 142 valence electrons. The Kier molecular flexibility index (Phi) is 5.83. The number of carbonyl (C=O) groups is 2. The molecule has 27 heavy (non-hydrogen) atoms. The van der Waals surface area contributed by atoms with Crippen LogP contribution < -0.4 is 0 Å². The molecule has 0 aromatic heterocycles. The molecule has 2 aromatic rings. The second kappa shape index (κ2) is 8.28. The Bertz CT molecular complexity index is 782. The van der Waals surface area contributed by atoms with Gasteiger partial charge in [-0.05, 0) is 31.2 Å². The van der Waals surface area contributed by atoms with Crippen molar-refractivity contribution in [2.24, 2.45) is 0 Å². The van der Waals surface area contributed by atoms with Crippen molar-refractivity contribution in [2.75, 3.05) is 0 Å². The normalized spacial score (nSPS) is 27.6. The summed E-state index contributed by atoms with van der Waals surface area (Å²) >= 11 is 0. The van der Waals surface area contributed by atoms with Crippen molar-refractivity contribution in [3.8, 4) is 0 Å². The molecule has 6 nitrogen and oxygen atoms in total. The Labute approximate surface area is 155 Å². The number of ether oxygens (including phenoxy) is 3. The first kappa shape index (κ1) is 19.0. The van der Waals surface area contributed by atoms with Crippen LogP contribution in [0.3, 0.4) is 0 Å². The van der Waals surface area contributed by atoms with Crippen LogP contribution in [0.15, 0.2) is 60.7 Å². The summed E-state index contributed by atoms with van der Waals surface area (Å²) in [7, 11) is 0. The van der Waals surface area contributed by atoms with E-state index in [-0.39, 0.29) is 11.1 Å². The molecule has 0 saturated carbocycles. The van der Waals surface area contributed by atoms with Gasteiger partial charge in [0.2, 0.25) is 0 Å². The lowest BCUT2D eigenvalue weighted by molar-refractivity contribution is -0.260. The van der Waals surface area contributed by atoms with E-state index in [4.69, 9.17) is 14.2 Å². The van der Waals surface area contributed by atoms with Crippen LogP contribution in [0.25, 0.3) is 0 Å². The molecule has 1 aliphatic rings. The van der Waals surface area contributed by atoms with Gasteiger partial charge in [-0.2, -0.15) is 0 Å². The minimum absolute atomic E-state index is 0.214. The molecule has 1 N–H and O–H groups in total. The highest BCUT2D eigenvalue weighted by atomic mass is 19.1. The molecule has 2 aromatic carbocycles. The third kappa shape index (κ3) is 4.32. The minimum Gasteiger partial charge on any atom is -0.452 e. The van der Waals surface area contributed by atoms with E-state index in [1.807, 2.05) is 0 Å². The highest BCUT2D eigenvalue weighted by molar-refractivity contribution is 5.90. The monoisotopic (exact) mass is 374 g/mol. The van der Waals surface area contributed by atoms with Crippen molar-refractivity contribution < 1.29 is 33.3 Å². The van der Waals surface area contributed by atoms with Crippen LogP contribution in [-0.4, -0.2) is 47.8 Å². The molecule has 0 amide bonds. The van der Waals surface area contributed by atoms with E-state index in [1.54, 1.807) is 48.5 Å². The highest BCUT2D eigenvalue weighted by Crippen LogP contribution is 2.28. The minimum atomic E-state index is -2.07. The SMILES string of the molecule is C[C@@H]1O[C@H](O)[C@H](F)[C@H](OC(=O)c2ccccc2)[C@@H]1OC(=O)c1ccccc1. The number of hydrogen-bond acceptors (Lipinski definition) is 6. The summed E-state index contributed by atoms with van der Waals surface area (Å²) in [4.78, 5) is 24.7. The van der Waals surface area contributed by atoms with Crippen molar-refractivity contribution in [2.45, 2.75) is 37.7 Å². The molecule has 0 aliphatic carbocycles. The smallest absolute Gasteiger partial charge is 0.338 e. The third-order valence-corrected chi connectivity index (χ3v) is 4.23. The first-order valence-corrected chi connectivity index (χ1v) is 8.47. The van der Waals surface area contributed by atoms with Crippen LogP contribution in [0.5, 0.6) is 0 Å². The number of aliphatic hydroxyl groups is 1. The van der Waals surface area contributed by atoms with Gasteiger partial charge < -0.3 is 19.3 Å². The first-order valence-electron chi connectivity index (χ1n) is 8.47. The average Bonchev–Trinajstić information content (AvgIpc) is 2.69. The average molecular weight is 374 g/mol. The molecular weight excluding hydrogens is 355 g/mol. The Balaban J connectivity index is 1.80. The van der Waals surface area contributed by atoms with Gasteiger partial charge in [0.05, 0.1) is 17.2 Å². The number of benzene rings is 2. The molecule has 1 fully saturated rings. The molecule has 1 saturated heterocycles. The van der Waals surface area contributed by atoms with E-state index in [2.05, 4.69) is 0 Å². The van der Waals surface area contributed by atoms with Crippen LogP contribution in [-0.2, 0) is 14.2 Å². The van der Waals surface area contributed by atoms with Crippen LogP contribution in [0.2, 0.25) is 0 Å². The lowest BCUT2D eigenvalue weighted by Crippen LogP contribution is -2.58. The number of halogens is 1. The molecule has 0 bridgehead atoms. The maximum atomic E-state index is 14.6. The largest absolute Gasteiger partial charge is 0.452 e. The Morgan fingerprint density at radius 3 is 1.81 bits per heavy atom. The van der Waals surface area contributed by atoms with Gasteiger partial charge in [0.25, 0.3) is 0 Å². The van der Waals surface area contributed by atoms with Crippen molar-refractivity contribution in [1.82, 2.24) is 0 Å². The second-order valence-electron chi connectivity index (χ2n) is 6.15. The summed E-state index contributed by atoms with van der Waals surface area (Å²) in [5, 5.41) is 9.74. The quantitative estimate of drug-likeness (QED) is 0.828. The fraction of sp³-hybridized carbons (Fsp3) is 0.300. The fourth-order valence-electron chi connectivity index (χ4n) is 2.81. The molecule has 7 heteroatoms. The molecule has 0 radical (unpaired) electrons. The van der Waals surface area contributed by atoms with Gasteiger partial charge in [-0.3, -0.25) is 0 Å². The maximum Gasteiger partial charge on any atom is 0.338 e. The summed E-state index contributed by atoms with van der Waals surface area (Å²) in [5.41, 5.74) is 0.478. The van der Waals surface area contributed by atoms with E-state index in [9.17, 15) is 19.1 Å². The number of hydrogen-bond donors (Lipinski definition) is 1. The molecule has 1 aliphatic heterocycles. The Hall–Kier alpha value is -2.77. The molecular formula is C20H19FO6. The summed E-state index contributed by atoms with van der Waals surface area (Å²) in [6.07, 6.45) is -7.47. The van der Waals surface area contributed by atoms with Crippen molar-refractivity contribution in [3.05, 3.63) is 71.8 Å². The molecule has 3 rings (SSSR count). The summed E-state index contributed by atoms with van der Waals surface area (Å²) in [6.45, 7) is 1.50. The lowest BCUT2D eigenvalue weighted by atomic mass is 10.00. The van der Waals surface area contributed by atoms with Gasteiger partial charge in [-0.1, -0.05) is 36.4 Å². The Morgan fingerprint density at radius 2 is 1.33 bits per heavy atom. The first-order chi connectivity index (χ1) is 13.0.